The SMILES string of the molecule is CCNC(CSCC(=O)NC1CC1)C(C)CC. The highest BCUT2D eigenvalue weighted by Crippen LogP contribution is 2.19. The molecule has 0 aliphatic heterocycles. The zero-order chi connectivity index (χ0) is 12.7. The molecule has 17 heavy (non-hydrogen) atoms. The van der Waals surface area contributed by atoms with E-state index >= 15 is 0 Å². The first-order chi connectivity index (χ1) is 8.17. The van der Waals surface area contributed by atoms with Gasteiger partial charge in [-0.25, -0.2) is 0 Å². The summed E-state index contributed by atoms with van der Waals surface area (Å²) in [6, 6.07) is 1.02. The average molecular weight is 258 g/mol. The van der Waals surface area contributed by atoms with Crippen molar-refractivity contribution in [3.63, 3.8) is 0 Å². The maximum Gasteiger partial charge on any atom is 0.230 e. The van der Waals surface area contributed by atoms with Crippen LogP contribution in [0.2, 0.25) is 0 Å². The van der Waals surface area contributed by atoms with Crippen molar-refractivity contribution in [2.75, 3.05) is 18.1 Å². The fourth-order valence-electron chi connectivity index (χ4n) is 1.75. The second-order valence-electron chi connectivity index (χ2n) is 4.91. The van der Waals surface area contributed by atoms with Gasteiger partial charge in [-0.1, -0.05) is 27.2 Å². The van der Waals surface area contributed by atoms with Crippen molar-refractivity contribution >= 4 is 17.7 Å². The van der Waals surface area contributed by atoms with Gasteiger partial charge in [0.2, 0.25) is 5.91 Å². The van der Waals surface area contributed by atoms with Gasteiger partial charge in [-0.05, 0) is 25.3 Å². The smallest absolute Gasteiger partial charge is 0.230 e. The largest absolute Gasteiger partial charge is 0.353 e. The number of nitrogens with one attached hydrogen (secondary N) is 2. The number of hydrogen-bond acceptors (Lipinski definition) is 3. The molecule has 1 saturated carbocycles. The lowest BCUT2D eigenvalue weighted by atomic mass is 10.0. The standard InChI is InChI=1S/C13H26N2OS/c1-4-10(3)12(14-5-2)8-17-9-13(16)15-11-6-7-11/h10-12,14H,4-9H2,1-3H3,(H,15,16). The first kappa shape index (κ1) is 14.8. The number of rotatable bonds is 9. The average Bonchev–Trinajstić information content (AvgIpc) is 3.10. The fraction of sp³-hybridized carbons (Fsp3) is 0.923. The van der Waals surface area contributed by atoms with Gasteiger partial charge in [0.1, 0.15) is 0 Å². The topological polar surface area (TPSA) is 41.1 Å². The third-order valence-corrected chi connectivity index (χ3v) is 4.33. The highest BCUT2D eigenvalue weighted by Gasteiger charge is 2.23. The molecule has 0 bridgehead atoms. The van der Waals surface area contributed by atoms with E-state index in [4.69, 9.17) is 0 Å². The van der Waals surface area contributed by atoms with Crippen molar-refractivity contribution in [3.8, 4) is 0 Å². The predicted molar refractivity (Wildman–Crippen MR) is 75.4 cm³/mol. The van der Waals surface area contributed by atoms with Gasteiger partial charge in [-0.2, -0.15) is 11.8 Å². The molecule has 1 fully saturated rings. The first-order valence-electron chi connectivity index (χ1n) is 6.77. The molecule has 0 heterocycles. The minimum absolute atomic E-state index is 0.205. The minimum atomic E-state index is 0.205. The van der Waals surface area contributed by atoms with E-state index in [1.54, 1.807) is 11.8 Å². The second-order valence-corrected chi connectivity index (χ2v) is 5.94. The zero-order valence-corrected chi connectivity index (χ0v) is 12.1. The van der Waals surface area contributed by atoms with Gasteiger partial charge in [-0.15, -0.1) is 0 Å². The lowest BCUT2D eigenvalue weighted by Crippen LogP contribution is -2.37. The number of thioether (sulfide) groups is 1. The molecule has 0 saturated heterocycles. The van der Waals surface area contributed by atoms with Crippen LogP contribution in [0.25, 0.3) is 0 Å². The highest BCUT2D eigenvalue weighted by molar-refractivity contribution is 8.00. The van der Waals surface area contributed by atoms with Crippen LogP contribution in [0.5, 0.6) is 0 Å². The van der Waals surface area contributed by atoms with Crippen LogP contribution in [-0.4, -0.2) is 36.0 Å². The van der Waals surface area contributed by atoms with Gasteiger partial charge in [-0.3, -0.25) is 4.79 Å². The van der Waals surface area contributed by atoms with E-state index in [1.165, 1.54) is 19.3 Å². The van der Waals surface area contributed by atoms with Crippen molar-refractivity contribution < 1.29 is 4.79 Å². The Bertz CT molecular complexity index is 231. The van der Waals surface area contributed by atoms with E-state index in [9.17, 15) is 4.79 Å². The Balaban J connectivity index is 2.13. The monoisotopic (exact) mass is 258 g/mol. The molecule has 100 valence electrons. The van der Waals surface area contributed by atoms with Crippen LogP contribution in [0.4, 0.5) is 0 Å². The third kappa shape index (κ3) is 6.32. The summed E-state index contributed by atoms with van der Waals surface area (Å²) in [6.45, 7) is 7.64. The van der Waals surface area contributed by atoms with E-state index in [0.29, 0.717) is 23.8 Å². The molecule has 0 aromatic heterocycles. The predicted octanol–water partition coefficient (Wildman–Crippen LogP) is 2.02. The van der Waals surface area contributed by atoms with Crippen LogP contribution in [0, 0.1) is 5.92 Å². The summed E-state index contributed by atoms with van der Waals surface area (Å²) in [5.41, 5.74) is 0. The molecule has 1 rings (SSSR count). The van der Waals surface area contributed by atoms with E-state index in [-0.39, 0.29) is 5.91 Å². The molecule has 4 heteroatoms. The molecule has 0 spiro atoms. The van der Waals surface area contributed by atoms with Crippen LogP contribution >= 0.6 is 11.8 Å². The van der Waals surface area contributed by atoms with Gasteiger partial charge in [0.05, 0.1) is 5.75 Å². The summed E-state index contributed by atoms with van der Waals surface area (Å²) in [6.07, 6.45) is 3.53. The van der Waals surface area contributed by atoms with E-state index in [1.807, 2.05) is 0 Å². The van der Waals surface area contributed by atoms with Crippen LogP contribution < -0.4 is 10.6 Å². The molecule has 3 nitrogen and oxygen atoms in total. The van der Waals surface area contributed by atoms with Gasteiger partial charge < -0.3 is 10.6 Å². The summed E-state index contributed by atoms with van der Waals surface area (Å²) in [7, 11) is 0. The third-order valence-electron chi connectivity index (χ3n) is 3.27. The summed E-state index contributed by atoms with van der Waals surface area (Å²) in [4.78, 5) is 11.5. The lowest BCUT2D eigenvalue weighted by Gasteiger charge is -2.23. The molecular formula is C13H26N2OS. The van der Waals surface area contributed by atoms with Crippen molar-refractivity contribution in [2.45, 2.75) is 52.1 Å². The highest BCUT2D eigenvalue weighted by atomic mass is 32.2. The first-order valence-corrected chi connectivity index (χ1v) is 7.93. The number of carbonyl (C=O) groups is 1. The van der Waals surface area contributed by atoms with Crippen LogP contribution in [0.1, 0.15) is 40.0 Å². The number of hydrogen-bond donors (Lipinski definition) is 2. The van der Waals surface area contributed by atoms with Crippen molar-refractivity contribution in [3.05, 3.63) is 0 Å². The molecule has 0 aromatic rings. The molecule has 2 atom stereocenters. The number of amides is 1. The van der Waals surface area contributed by atoms with Crippen molar-refractivity contribution in [1.82, 2.24) is 10.6 Å². The maximum absolute atomic E-state index is 11.5. The molecule has 2 N–H and O–H groups in total. The fourth-order valence-corrected chi connectivity index (χ4v) is 2.83. The molecule has 0 radical (unpaired) electrons. The number of carbonyl (C=O) groups excluding carboxylic acids is 1. The molecule has 0 aromatic carbocycles. The molecule has 1 amide bonds. The van der Waals surface area contributed by atoms with E-state index < -0.39 is 0 Å². The summed E-state index contributed by atoms with van der Waals surface area (Å²) in [5.74, 6) is 2.52. The Labute approximate surface area is 109 Å². The Morgan fingerprint density at radius 1 is 1.41 bits per heavy atom. The summed E-state index contributed by atoms with van der Waals surface area (Å²) >= 11 is 1.75. The second kappa shape index (κ2) is 7.98. The zero-order valence-electron chi connectivity index (χ0n) is 11.3. The van der Waals surface area contributed by atoms with Crippen molar-refractivity contribution in [2.24, 2.45) is 5.92 Å². The molecule has 1 aliphatic carbocycles. The van der Waals surface area contributed by atoms with E-state index in [0.717, 1.165) is 12.3 Å². The van der Waals surface area contributed by atoms with Gasteiger partial charge in [0.25, 0.3) is 0 Å². The quantitative estimate of drug-likeness (QED) is 0.665. The Morgan fingerprint density at radius 2 is 2.12 bits per heavy atom. The van der Waals surface area contributed by atoms with Gasteiger partial charge in [0, 0.05) is 17.8 Å². The summed E-state index contributed by atoms with van der Waals surface area (Å²) < 4.78 is 0. The lowest BCUT2D eigenvalue weighted by molar-refractivity contribution is -0.118. The minimum Gasteiger partial charge on any atom is -0.353 e. The van der Waals surface area contributed by atoms with Crippen LogP contribution in [0.15, 0.2) is 0 Å². The Kier molecular flexibility index (Phi) is 6.97. The van der Waals surface area contributed by atoms with Gasteiger partial charge in [0.15, 0.2) is 0 Å². The molecule has 2 unspecified atom stereocenters. The van der Waals surface area contributed by atoms with Crippen molar-refractivity contribution in [1.29, 1.82) is 0 Å². The van der Waals surface area contributed by atoms with E-state index in [2.05, 4.69) is 31.4 Å². The molecule has 1 aliphatic rings. The maximum atomic E-state index is 11.5. The van der Waals surface area contributed by atoms with Crippen LogP contribution in [-0.2, 0) is 4.79 Å². The normalized spacial score (nSPS) is 18.8. The molecular weight excluding hydrogens is 232 g/mol. The Hall–Kier alpha value is -0.220. The van der Waals surface area contributed by atoms with Gasteiger partial charge >= 0.3 is 0 Å². The summed E-state index contributed by atoms with van der Waals surface area (Å²) in [5, 5.41) is 6.53. The van der Waals surface area contributed by atoms with Crippen LogP contribution in [0.3, 0.4) is 0 Å². The Morgan fingerprint density at radius 3 is 2.65 bits per heavy atom.